The highest BCUT2D eigenvalue weighted by molar-refractivity contribution is 5.73. The Morgan fingerprint density at radius 1 is 1.39 bits per heavy atom. The van der Waals surface area contributed by atoms with E-state index >= 15 is 0 Å². The minimum Gasteiger partial charge on any atom is -0.474 e. The van der Waals surface area contributed by atoms with Crippen molar-refractivity contribution in [3.05, 3.63) is 23.9 Å². The van der Waals surface area contributed by atoms with Gasteiger partial charge in [0, 0.05) is 17.8 Å². The molecule has 1 fully saturated rings. The standard InChI is InChI=1S/C15H21NO2/c1-11-6-13(8-15(2,3)7-11)18-14-5-4-12(10-17)9-16-14/h4-5,9-11,13H,6-8H2,1-3H3. The molecule has 0 bridgehead atoms. The molecule has 1 aromatic heterocycles. The molecule has 1 saturated carbocycles. The number of aldehydes is 1. The van der Waals surface area contributed by atoms with Crippen LogP contribution in [0.2, 0.25) is 0 Å². The van der Waals surface area contributed by atoms with Gasteiger partial charge >= 0.3 is 0 Å². The smallest absolute Gasteiger partial charge is 0.213 e. The summed E-state index contributed by atoms with van der Waals surface area (Å²) in [6.07, 6.45) is 5.99. The molecule has 0 aromatic carbocycles. The molecule has 1 heterocycles. The number of carbonyl (C=O) groups is 1. The molecule has 0 amide bonds. The summed E-state index contributed by atoms with van der Waals surface area (Å²) >= 11 is 0. The highest BCUT2D eigenvalue weighted by atomic mass is 16.5. The van der Waals surface area contributed by atoms with E-state index in [1.807, 2.05) is 0 Å². The van der Waals surface area contributed by atoms with E-state index in [2.05, 4.69) is 25.8 Å². The Morgan fingerprint density at radius 3 is 2.72 bits per heavy atom. The molecule has 3 nitrogen and oxygen atoms in total. The van der Waals surface area contributed by atoms with Gasteiger partial charge in [0.1, 0.15) is 6.10 Å². The van der Waals surface area contributed by atoms with Gasteiger partial charge in [-0.1, -0.05) is 20.8 Å². The first-order valence-corrected chi connectivity index (χ1v) is 6.56. The van der Waals surface area contributed by atoms with Crippen LogP contribution in [0.1, 0.15) is 50.4 Å². The molecule has 1 aliphatic rings. The van der Waals surface area contributed by atoms with Gasteiger partial charge in [-0.15, -0.1) is 0 Å². The summed E-state index contributed by atoms with van der Waals surface area (Å²) in [6, 6.07) is 3.52. The van der Waals surface area contributed by atoms with Crippen LogP contribution in [0.3, 0.4) is 0 Å². The summed E-state index contributed by atoms with van der Waals surface area (Å²) < 4.78 is 5.93. The van der Waals surface area contributed by atoms with Crippen LogP contribution in [0.15, 0.2) is 18.3 Å². The minimum absolute atomic E-state index is 0.235. The van der Waals surface area contributed by atoms with Crippen LogP contribution in [0.25, 0.3) is 0 Å². The molecule has 0 N–H and O–H groups in total. The van der Waals surface area contributed by atoms with Gasteiger partial charge in [-0.2, -0.15) is 0 Å². The van der Waals surface area contributed by atoms with Gasteiger partial charge in [-0.25, -0.2) is 4.98 Å². The summed E-state index contributed by atoms with van der Waals surface area (Å²) in [5, 5.41) is 0. The molecule has 2 unspecified atom stereocenters. The van der Waals surface area contributed by atoms with E-state index in [9.17, 15) is 4.79 Å². The lowest BCUT2D eigenvalue weighted by atomic mass is 9.71. The third kappa shape index (κ3) is 3.31. The van der Waals surface area contributed by atoms with E-state index in [0.29, 0.717) is 22.8 Å². The first-order valence-electron chi connectivity index (χ1n) is 6.56. The van der Waals surface area contributed by atoms with Gasteiger partial charge in [-0.3, -0.25) is 4.79 Å². The summed E-state index contributed by atoms with van der Waals surface area (Å²) in [5.74, 6) is 1.31. The number of nitrogens with zero attached hydrogens (tertiary/aromatic N) is 1. The molecule has 0 spiro atoms. The van der Waals surface area contributed by atoms with Crippen LogP contribution in [-0.2, 0) is 0 Å². The van der Waals surface area contributed by atoms with Gasteiger partial charge < -0.3 is 4.74 Å². The van der Waals surface area contributed by atoms with Crippen molar-refractivity contribution in [1.82, 2.24) is 4.98 Å². The van der Waals surface area contributed by atoms with Crippen LogP contribution in [0.4, 0.5) is 0 Å². The molecular weight excluding hydrogens is 226 g/mol. The zero-order chi connectivity index (χ0) is 13.2. The maximum absolute atomic E-state index is 10.6. The fourth-order valence-electron chi connectivity index (χ4n) is 3.05. The molecule has 0 aliphatic heterocycles. The van der Waals surface area contributed by atoms with Gasteiger partial charge in [0.05, 0.1) is 0 Å². The summed E-state index contributed by atoms with van der Waals surface area (Å²) in [6.45, 7) is 6.87. The maximum atomic E-state index is 10.6. The Morgan fingerprint density at radius 2 is 2.17 bits per heavy atom. The first-order chi connectivity index (χ1) is 8.48. The molecule has 0 saturated heterocycles. The lowest BCUT2D eigenvalue weighted by Crippen LogP contribution is -2.34. The lowest BCUT2D eigenvalue weighted by molar-refractivity contribution is 0.0532. The number of pyridine rings is 1. The van der Waals surface area contributed by atoms with Crippen LogP contribution in [0.5, 0.6) is 5.88 Å². The van der Waals surface area contributed by atoms with E-state index in [1.54, 1.807) is 18.3 Å². The van der Waals surface area contributed by atoms with Crippen LogP contribution in [0, 0.1) is 11.3 Å². The van der Waals surface area contributed by atoms with Crippen molar-refractivity contribution in [2.45, 2.75) is 46.1 Å². The Hall–Kier alpha value is -1.38. The second-order valence-electron chi connectivity index (χ2n) is 6.20. The second kappa shape index (κ2) is 5.09. The third-order valence-electron chi connectivity index (χ3n) is 3.53. The molecule has 2 atom stereocenters. The Kier molecular flexibility index (Phi) is 3.69. The lowest BCUT2D eigenvalue weighted by Gasteiger charge is -2.38. The van der Waals surface area contributed by atoms with Crippen LogP contribution < -0.4 is 4.74 Å². The summed E-state index contributed by atoms with van der Waals surface area (Å²) in [4.78, 5) is 14.7. The van der Waals surface area contributed by atoms with Gasteiger partial charge in [0.15, 0.2) is 6.29 Å². The highest BCUT2D eigenvalue weighted by Gasteiger charge is 2.33. The largest absolute Gasteiger partial charge is 0.474 e. The summed E-state index contributed by atoms with van der Waals surface area (Å²) in [5.41, 5.74) is 0.921. The number of rotatable bonds is 3. The number of carbonyl (C=O) groups excluding carboxylic acids is 1. The number of ether oxygens (including phenoxy) is 1. The zero-order valence-corrected chi connectivity index (χ0v) is 11.3. The van der Waals surface area contributed by atoms with E-state index in [-0.39, 0.29) is 6.10 Å². The molecule has 3 heteroatoms. The fourth-order valence-corrected chi connectivity index (χ4v) is 3.05. The average molecular weight is 247 g/mol. The topological polar surface area (TPSA) is 39.2 Å². The fraction of sp³-hybridized carbons (Fsp3) is 0.600. The van der Waals surface area contributed by atoms with Crippen molar-refractivity contribution in [3.8, 4) is 5.88 Å². The molecule has 0 radical (unpaired) electrons. The molecule has 1 aromatic rings. The monoisotopic (exact) mass is 247 g/mol. The Bertz CT molecular complexity index is 411. The van der Waals surface area contributed by atoms with E-state index in [1.165, 1.54) is 6.42 Å². The van der Waals surface area contributed by atoms with E-state index in [4.69, 9.17) is 4.74 Å². The predicted molar refractivity (Wildman–Crippen MR) is 70.8 cm³/mol. The van der Waals surface area contributed by atoms with Crippen molar-refractivity contribution < 1.29 is 9.53 Å². The predicted octanol–water partition coefficient (Wildman–Crippen LogP) is 3.49. The van der Waals surface area contributed by atoms with Crippen LogP contribution >= 0.6 is 0 Å². The zero-order valence-electron chi connectivity index (χ0n) is 11.3. The average Bonchev–Trinajstić information content (AvgIpc) is 2.27. The molecule has 2 rings (SSSR count). The van der Waals surface area contributed by atoms with Gasteiger partial charge in [0.25, 0.3) is 0 Å². The van der Waals surface area contributed by atoms with Gasteiger partial charge in [-0.05, 0) is 36.7 Å². The van der Waals surface area contributed by atoms with E-state index in [0.717, 1.165) is 19.1 Å². The normalized spacial score (nSPS) is 26.6. The third-order valence-corrected chi connectivity index (χ3v) is 3.53. The number of hydrogen-bond donors (Lipinski definition) is 0. The maximum Gasteiger partial charge on any atom is 0.213 e. The molecule has 18 heavy (non-hydrogen) atoms. The second-order valence-corrected chi connectivity index (χ2v) is 6.20. The van der Waals surface area contributed by atoms with Gasteiger partial charge in [0.2, 0.25) is 5.88 Å². The first kappa shape index (κ1) is 13.1. The van der Waals surface area contributed by atoms with Crippen LogP contribution in [-0.4, -0.2) is 17.4 Å². The van der Waals surface area contributed by atoms with Crippen molar-refractivity contribution in [2.24, 2.45) is 11.3 Å². The molecule has 1 aliphatic carbocycles. The van der Waals surface area contributed by atoms with Crippen molar-refractivity contribution >= 4 is 6.29 Å². The molecular formula is C15H21NO2. The number of aromatic nitrogens is 1. The Balaban J connectivity index is 2.01. The van der Waals surface area contributed by atoms with Crippen molar-refractivity contribution in [3.63, 3.8) is 0 Å². The number of hydrogen-bond acceptors (Lipinski definition) is 3. The Labute approximate surface area is 109 Å². The minimum atomic E-state index is 0.235. The highest BCUT2D eigenvalue weighted by Crippen LogP contribution is 2.39. The SMILES string of the molecule is CC1CC(Oc2ccc(C=O)cn2)CC(C)(C)C1. The van der Waals surface area contributed by atoms with Crippen molar-refractivity contribution in [2.75, 3.05) is 0 Å². The molecule has 98 valence electrons. The van der Waals surface area contributed by atoms with Crippen molar-refractivity contribution in [1.29, 1.82) is 0 Å². The quantitative estimate of drug-likeness (QED) is 0.767. The summed E-state index contributed by atoms with van der Waals surface area (Å²) in [7, 11) is 0. The van der Waals surface area contributed by atoms with E-state index < -0.39 is 0 Å².